The maximum absolute atomic E-state index is 13.1. The van der Waals surface area contributed by atoms with Gasteiger partial charge in [-0.05, 0) is 29.7 Å². The Labute approximate surface area is 178 Å². The highest BCUT2D eigenvalue weighted by atomic mass is 79.9. The fourth-order valence-corrected chi connectivity index (χ4v) is 4.04. The van der Waals surface area contributed by atoms with Gasteiger partial charge >= 0.3 is 5.97 Å². The summed E-state index contributed by atoms with van der Waals surface area (Å²) in [6.45, 7) is 0. The van der Waals surface area contributed by atoms with Crippen LogP contribution in [0.15, 0.2) is 95.0 Å². The molecule has 0 N–H and O–H groups in total. The molecule has 1 aliphatic heterocycles. The largest absolute Gasteiger partial charge is 0.425 e. The fraction of sp³-hybridized carbons (Fsp3) is 0.120. The molecule has 0 radical (unpaired) electrons. The van der Waals surface area contributed by atoms with Crippen molar-refractivity contribution in [1.29, 1.82) is 5.26 Å². The van der Waals surface area contributed by atoms with Gasteiger partial charge in [-0.25, -0.2) is 0 Å². The second-order valence-electron chi connectivity index (χ2n) is 6.97. The molecule has 1 aliphatic rings. The van der Waals surface area contributed by atoms with Crippen LogP contribution in [0.1, 0.15) is 22.6 Å². The molecule has 3 aromatic carbocycles. The maximum Gasteiger partial charge on any atom is 0.315 e. The topological polar surface area (TPSA) is 50.1 Å². The molecule has 0 spiro atoms. The molecule has 0 bridgehead atoms. The van der Waals surface area contributed by atoms with Crippen LogP contribution in [-0.2, 0) is 16.0 Å². The molecule has 4 rings (SSSR count). The van der Waals surface area contributed by atoms with Crippen LogP contribution in [0.4, 0.5) is 0 Å². The van der Waals surface area contributed by atoms with Crippen LogP contribution in [0.5, 0.6) is 0 Å². The van der Waals surface area contributed by atoms with E-state index in [0.717, 1.165) is 21.2 Å². The van der Waals surface area contributed by atoms with E-state index in [1.807, 2.05) is 84.9 Å². The van der Waals surface area contributed by atoms with E-state index in [1.165, 1.54) is 0 Å². The highest BCUT2D eigenvalue weighted by molar-refractivity contribution is 9.10. The van der Waals surface area contributed by atoms with Gasteiger partial charge in [0.25, 0.3) is 0 Å². The Morgan fingerprint density at radius 1 is 0.897 bits per heavy atom. The number of esters is 1. The molecule has 0 unspecified atom stereocenters. The Morgan fingerprint density at radius 2 is 1.52 bits per heavy atom. The standard InChI is InChI=1S/C25H18BrNO2/c26-20-13-11-18(12-14-20)23-21(15-17-7-3-1-4-8-17)25(28)29-24(22(23)16-27)19-9-5-2-6-10-19/h1-14,21,23H,15H2/t21-,23+/m0/s1. The van der Waals surface area contributed by atoms with Crippen LogP contribution in [0.2, 0.25) is 0 Å². The summed E-state index contributed by atoms with van der Waals surface area (Å²) in [6.07, 6.45) is 0.508. The molecule has 0 saturated heterocycles. The molecule has 142 valence electrons. The molecular weight excluding hydrogens is 426 g/mol. The van der Waals surface area contributed by atoms with Crippen molar-refractivity contribution < 1.29 is 9.53 Å². The van der Waals surface area contributed by atoms with Crippen LogP contribution in [0.3, 0.4) is 0 Å². The van der Waals surface area contributed by atoms with Crippen LogP contribution < -0.4 is 0 Å². The van der Waals surface area contributed by atoms with Crippen molar-refractivity contribution in [1.82, 2.24) is 0 Å². The Bertz CT molecular complexity index is 1080. The molecular formula is C25H18BrNO2. The highest BCUT2D eigenvalue weighted by Gasteiger charge is 2.41. The van der Waals surface area contributed by atoms with Crippen LogP contribution in [-0.4, -0.2) is 5.97 Å². The monoisotopic (exact) mass is 443 g/mol. The van der Waals surface area contributed by atoms with E-state index >= 15 is 0 Å². The zero-order valence-corrected chi connectivity index (χ0v) is 17.2. The second kappa shape index (κ2) is 8.46. The minimum absolute atomic E-state index is 0.306. The summed E-state index contributed by atoms with van der Waals surface area (Å²) in [5, 5.41) is 10.1. The smallest absolute Gasteiger partial charge is 0.315 e. The van der Waals surface area contributed by atoms with Crippen molar-refractivity contribution in [2.24, 2.45) is 5.92 Å². The van der Waals surface area contributed by atoms with E-state index < -0.39 is 5.92 Å². The molecule has 0 fully saturated rings. The number of allylic oxidation sites excluding steroid dienone is 1. The molecule has 0 aliphatic carbocycles. The van der Waals surface area contributed by atoms with Crippen molar-refractivity contribution in [3.63, 3.8) is 0 Å². The third-order valence-corrected chi connectivity index (χ3v) is 5.68. The summed E-state index contributed by atoms with van der Waals surface area (Å²) in [4.78, 5) is 13.1. The summed E-state index contributed by atoms with van der Waals surface area (Å²) in [5.74, 6) is -0.791. The molecule has 3 nitrogen and oxygen atoms in total. The minimum atomic E-state index is -0.472. The SMILES string of the molecule is N#CC1=C(c2ccccc2)OC(=O)[C@@H](Cc2ccccc2)[C@H]1c1ccc(Br)cc1. The first kappa shape index (κ1) is 19.2. The number of halogens is 1. The van der Waals surface area contributed by atoms with Crippen LogP contribution in [0, 0.1) is 17.2 Å². The van der Waals surface area contributed by atoms with Crippen molar-refractivity contribution in [2.75, 3.05) is 0 Å². The van der Waals surface area contributed by atoms with E-state index in [9.17, 15) is 10.1 Å². The van der Waals surface area contributed by atoms with E-state index in [-0.39, 0.29) is 11.9 Å². The number of nitrogens with zero attached hydrogens (tertiary/aromatic N) is 1. The van der Waals surface area contributed by atoms with Crippen molar-refractivity contribution >= 4 is 27.7 Å². The predicted molar refractivity (Wildman–Crippen MR) is 116 cm³/mol. The Balaban J connectivity index is 1.86. The zero-order valence-electron chi connectivity index (χ0n) is 15.6. The number of nitriles is 1. The summed E-state index contributed by atoms with van der Waals surface area (Å²) in [5.41, 5.74) is 3.18. The first-order chi connectivity index (χ1) is 14.2. The number of hydrogen-bond acceptors (Lipinski definition) is 3. The average Bonchev–Trinajstić information content (AvgIpc) is 2.77. The fourth-order valence-electron chi connectivity index (χ4n) is 3.77. The summed E-state index contributed by atoms with van der Waals surface area (Å²) in [7, 11) is 0. The van der Waals surface area contributed by atoms with E-state index in [2.05, 4.69) is 22.0 Å². The van der Waals surface area contributed by atoms with E-state index in [0.29, 0.717) is 17.8 Å². The number of cyclic esters (lactones) is 1. The highest BCUT2D eigenvalue weighted by Crippen LogP contribution is 2.43. The quantitative estimate of drug-likeness (QED) is 0.472. The number of rotatable bonds is 4. The minimum Gasteiger partial charge on any atom is -0.425 e. The lowest BCUT2D eigenvalue weighted by Gasteiger charge is -2.32. The van der Waals surface area contributed by atoms with Gasteiger partial charge in [-0.3, -0.25) is 4.79 Å². The molecule has 1 heterocycles. The molecule has 29 heavy (non-hydrogen) atoms. The summed E-state index contributed by atoms with van der Waals surface area (Å²) in [6, 6.07) is 29.3. The van der Waals surface area contributed by atoms with Gasteiger partial charge in [-0.2, -0.15) is 5.26 Å². The Hall–Kier alpha value is -3.16. The maximum atomic E-state index is 13.1. The average molecular weight is 444 g/mol. The Morgan fingerprint density at radius 3 is 2.14 bits per heavy atom. The van der Waals surface area contributed by atoms with Gasteiger partial charge in [-0.15, -0.1) is 0 Å². The molecule has 0 aromatic heterocycles. The van der Waals surface area contributed by atoms with Crippen LogP contribution >= 0.6 is 15.9 Å². The predicted octanol–water partition coefficient (Wildman–Crippen LogP) is 5.88. The van der Waals surface area contributed by atoms with Gasteiger partial charge < -0.3 is 4.74 Å². The lowest BCUT2D eigenvalue weighted by Crippen LogP contribution is -2.32. The third kappa shape index (κ3) is 4.01. The van der Waals surface area contributed by atoms with Crippen molar-refractivity contribution in [2.45, 2.75) is 12.3 Å². The van der Waals surface area contributed by atoms with E-state index in [4.69, 9.17) is 4.74 Å². The molecule has 0 saturated carbocycles. The third-order valence-electron chi connectivity index (χ3n) is 5.15. The van der Waals surface area contributed by atoms with Gasteiger partial charge in [0.05, 0.1) is 17.6 Å². The van der Waals surface area contributed by atoms with Gasteiger partial charge in [0.1, 0.15) is 0 Å². The second-order valence-corrected chi connectivity index (χ2v) is 7.88. The van der Waals surface area contributed by atoms with Crippen molar-refractivity contribution in [3.05, 3.63) is 112 Å². The number of benzene rings is 3. The van der Waals surface area contributed by atoms with Gasteiger partial charge in [0, 0.05) is 16.0 Å². The number of ether oxygens (including phenoxy) is 1. The molecule has 3 aromatic rings. The lowest BCUT2D eigenvalue weighted by atomic mass is 9.75. The zero-order chi connectivity index (χ0) is 20.2. The molecule has 0 amide bonds. The number of hydrogen-bond donors (Lipinski definition) is 0. The Kier molecular flexibility index (Phi) is 5.59. The molecule has 2 atom stereocenters. The number of carbonyl (C=O) groups is 1. The van der Waals surface area contributed by atoms with Gasteiger partial charge in [0.15, 0.2) is 5.76 Å². The van der Waals surface area contributed by atoms with Crippen molar-refractivity contribution in [3.8, 4) is 6.07 Å². The normalized spacial score (nSPS) is 18.8. The van der Waals surface area contributed by atoms with Crippen LogP contribution in [0.25, 0.3) is 5.76 Å². The lowest BCUT2D eigenvalue weighted by molar-refractivity contribution is -0.143. The first-order valence-corrected chi connectivity index (χ1v) is 10.2. The summed E-state index contributed by atoms with van der Waals surface area (Å²) < 4.78 is 6.69. The summed E-state index contributed by atoms with van der Waals surface area (Å²) >= 11 is 3.46. The van der Waals surface area contributed by atoms with Gasteiger partial charge in [0.2, 0.25) is 0 Å². The van der Waals surface area contributed by atoms with E-state index in [1.54, 1.807) is 0 Å². The molecule has 4 heteroatoms. The first-order valence-electron chi connectivity index (χ1n) is 9.38. The number of carbonyl (C=O) groups excluding carboxylic acids is 1. The van der Waals surface area contributed by atoms with Gasteiger partial charge in [-0.1, -0.05) is 88.7 Å².